The number of carbonyl (C=O) groups excluding carboxylic acids is 1. The monoisotopic (exact) mass is 296 g/mol. The van der Waals surface area contributed by atoms with Gasteiger partial charge in [0.1, 0.15) is 5.75 Å². The minimum Gasteiger partial charge on any atom is -0.497 e. The van der Waals surface area contributed by atoms with Gasteiger partial charge in [0.15, 0.2) is 0 Å². The number of rotatable bonds is 8. The summed E-state index contributed by atoms with van der Waals surface area (Å²) in [5.74, 6) is 0.916. The van der Waals surface area contributed by atoms with Gasteiger partial charge in [0.2, 0.25) is 5.91 Å². The smallest absolute Gasteiger partial charge is 0.233 e. The average molecular weight is 296 g/mol. The van der Waals surface area contributed by atoms with Crippen molar-refractivity contribution in [2.24, 2.45) is 0 Å². The van der Waals surface area contributed by atoms with Gasteiger partial charge in [0.05, 0.1) is 12.4 Å². The van der Waals surface area contributed by atoms with Gasteiger partial charge in [0, 0.05) is 11.4 Å². The van der Waals surface area contributed by atoms with Crippen molar-refractivity contribution < 1.29 is 9.53 Å². The number of ether oxygens (including phenoxy) is 1. The molecule has 1 atom stereocenters. The molecule has 1 aromatic carbocycles. The third-order valence-corrected chi connectivity index (χ3v) is 3.93. The predicted octanol–water partition coefficient (Wildman–Crippen LogP) is 2.24. The molecule has 0 spiro atoms. The number of nitrogens with zero attached hydrogens (tertiary/aromatic N) is 1. The van der Waals surface area contributed by atoms with E-state index < -0.39 is 0 Å². The highest BCUT2D eigenvalue weighted by Crippen LogP contribution is 2.25. The van der Waals surface area contributed by atoms with Gasteiger partial charge in [-0.3, -0.25) is 4.79 Å². The second-order valence-corrected chi connectivity index (χ2v) is 6.30. The molecule has 0 bridgehead atoms. The van der Waals surface area contributed by atoms with Crippen LogP contribution in [-0.4, -0.2) is 50.4 Å². The standard InChI is InChI=1S/C15H24N2O2S/c1-12(15(18)16-10-5-11-17(2)3)20-14-8-6-13(19-4)7-9-14/h6-9,12H,5,10-11H2,1-4H3,(H,16,18)/t12-/m0/s1. The van der Waals surface area contributed by atoms with Gasteiger partial charge in [-0.15, -0.1) is 11.8 Å². The highest BCUT2D eigenvalue weighted by atomic mass is 32.2. The van der Waals surface area contributed by atoms with Crippen LogP contribution in [0.2, 0.25) is 0 Å². The Balaban J connectivity index is 2.33. The number of hydrogen-bond donors (Lipinski definition) is 1. The zero-order chi connectivity index (χ0) is 15.0. The summed E-state index contributed by atoms with van der Waals surface area (Å²) in [4.78, 5) is 15.1. The Morgan fingerprint density at radius 1 is 1.35 bits per heavy atom. The third kappa shape index (κ3) is 6.30. The van der Waals surface area contributed by atoms with Gasteiger partial charge in [-0.2, -0.15) is 0 Å². The SMILES string of the molecule is COc1ccc(S[C@@H](C)C(=O)NCCCN(C)C)cc1. The van der Waals surface area contributed by atoms with Crippen LogP contribution in [0.25, 0.3) is 0 Å². The fraction of sp³-hybridized carbons (Fsp3) is 0.533. The summed E-state index contributed by atoms with van der Waals surface area (Å²) >= 11 is 1.56. The first-order valence-corrected chi connectivity index (χ1v) is 7.64. The highest BCUT2D eigenvalue weighted by molar-refractivity contribution is 8.00. The second kappa shape index (κ2) is 8.87. The summed E-state index contributed by atoms with van der Waals surface area (Å²) in [6, 6.07) is 7.76. The van der Waals surface area contributed by atoms with Crippen LogP contribution < -0.4 is 10.1 Å². The van der Waals surface area contributed by atoms with Gasteiger partial charge < -0.3 is 15.0 Å². The first kappa shape index (κ1) is 16.9. The Bertz CT molecular complexity index is 407. The molecule has 112 valence electrons. The fourth-order valence-electron chi connectivity index (χ4n) is 1.66. The molecule has 0 aliphatic heterocycles. The molecule has 4 nitrogen and oxygen atoms in total. The van der Waals surface area contributed by atoms with Crippen molar-refractivity contribution in [3.8, 4) is 5.75 Å². The van der Waals surface area contributed by atoms with E-state index in [4.69, 9.17) is 4.74 Å². The molecule has 1 rings (SSSR count). The number of thioether (sulfide) groups is 1. The van der Waals surface area contributed by atoms with Gasteiger partial charge in [0.25, 0.3) is 0 Å². The van der Waals surface area contributed by atoms with E-state index in [1.54, 1.807) is 18.9 Å². The molecule has 0 saturated heterocycles. The van der Waals surface area contributed by atoms with Crippen molar-refractivity contribution in [3.05, 3.63) is 24.3 Å². The Morgan fingerprint density at radius 2 is 2.00 bits per heavy atom. The number of methoxy groups -OCH3 is 1. The number of carbonyl (C=O) groups is 1. The average Bonchev–Trinajstić information content (AvgIpc) is 2.44. The molecule has 0 aliphatic carbocycles. The third-order valence-electron chi connectivity index (χ3n) is 2.82. The predicted molar refractivity (Wildman–Crippen MR) is 84.5 cm³/mol. The fourth-order valence-corrected chi connectivity index (χ4v) is 2.55. The summed E-state index contributed by atoms with van der Waals surface area (Å²) in [5.41, 5.74) is 0. The van der Waals surface area contributed by atoms with E-state index in [0.717, 1.165) is 30.2 Å². The molecule has 1 amide bonds. The van der Waals surface area contributed by atoms with E-state index in [1.807, 2.05) is 45.3 Å². The number of hydrogen-bond acceptors (Lipinski definition) is 4. The Hall–Kier alpha value is -1.20. The maximum Gasteiger partial charge on any atom is 0.233 e. The van der Waals surface area contributed by atoms with E-state index in [0.29, 0.717) is 0 Å². The number of benzene rings is 1. The lowest BCUT2D eigenvalue weighted by molar-refractivity contribution is -0.120. The van der Waals surface area contributed by atoms with Crippen LogP contribution in [0.1, 0.15) is 13.3 Å². The molecule has 0 heterocycles. The van der Waals surface area contributed by atoms with E-state index >= 15 is 0 Å². The molecule has 0 aromatic heterocycles. The number of nitrogens with one attached hydrogen (secondary N) is 1. The molecule has 0 fully saturated rings. The van der Waals surface area contributed by atoms with Crippen LogP contribution >= 0.6 is 11.8 Å². The van der Waals surface area contributed by atoms with Gasteiger partial charge in [-0.25, -0.2) is 0 Å². The Kier molecular flexibility index (Phi) is 7.47. The van der Waals surface area contributed by atoms with E-state index in [9.17, 15) is 4.79 Å². The van der Waals surface area contributed by atoms with Gasteiger partial charge in [-0.1, -0.05) is 0 Å². The molecule has 0 saturated carbocycles. The van der Waals surface area contributed by atoms with Crippen molar-refractivity contribution in [3.63, 3.8) is 0 Å². The molecule has 0 radical (unpaired) electrons. The summed E-state index contributed by atoms with van der Waals surface area (Å²) in [7, 11) is 5.71. The van der Waals surface area contributed by atoms with Gasteiger partial charge >= 0.3 is 0 Å². The summed E-state index contributed by atoms with van der Waals surface area (Å²) in [6.07, 6.45) is 0.971. The van der Waals surface area contributed by atoms with Gasteiger partial charge in [-0.05, 0) is 58.3 Å². The van der Waals surface area contributed by atoms with Crippen LogP contribution in [-0.2, 0) is 4.79 Å². The first-order valence-electron chi connectivity index (χ1n) is 6.76. The Morgan fingerprint density at radius 3 is 2.55 bits per heavy atom. The summed E-state index contributed by atoms with van der Waals surface area (Å²) in [6.45, 7) is 3.64. The van der Waals surface area contributed by atoms with E-state index in [1.165, 1.54) is 0 Å². The lowest BCUT2D eigenvalue weighted by atomic mass is 10.3. The zero-order valence-electron chi connectivity index (χ0n) is 12.7. The maximum atomic E-state index is 11.9. The van der Waals surface area contributed by atoms with Crippen molar-refractivity contribution in [1.82, 2.24) is 10.2 Å². The topological polar surface area (TPSA) is 41.6 Å². The number of amides is 1. The summed E-state index contributed by atoms with van der Waals surface area (Å²) in [5, 5.41) is 2.87. The van der Waals surface area contributed by atoms with Crippen molar-refractivity contribution in [2.45, 2.75) is 23.5 Å². The van der Waals surface area contributed by atoms with Crippen LogP contribution in [0.15, 0.2) is 29.2 Å². The summed E-state index contributed by atoms with van der Waals surface area (Å²) < 4.78 is 5.11. The molecule has 5 heteroatoms. The lowest BCUT2D eigenvalue weighted by Crippen LogP contribution is -2.32. The molecule has 1 aromatic rings. The molecule has 1 N–H and O–H groups in total. The van der Waals surface area contributed by atoms with Crippen LogP contribution in [0.3, 0.4) is 0 Å². The maximum absolute atomic E-state index is 11.9. The quantitative estimate of drug-likeness (QED) is 0.590. The first-order chi connectivity index (χ1) is 9.52. The highest BCUT2D eigenvalue weighted by Gasteiger charge is 2.13. The minimum absolute atomic E-state index is 0.0876. The van der Waals surface area contributed by atoms with E-state index in [-0.39, 0.29) is 11.2 Å². The molecule has 20 heavy (non-hydrogen) atoms. The normalized spacial score (nSPS) is 12.2. The van der Waals surface area contributed by atoms with Crippen molar-refractivity contribution >= 4 is 17.7 Å². The van der Waals surface area contributed by atoms with Crippen molar-refractivity contribution in [1.29, 1.82) is 0 Å². The van der Waals surface area contributed by atoms with Crippen LogP contribution in [0.4, 0.5) is 0 Å². The zero-order valence-corrected chi connectivity index (χ0v) is 13.5. The van der Waals surface area contributed by atoms with Crippen LogP contribution in [0, 0.1) is 0 Å². The molecular weight excluding hydrogens is 272 g/mol. The largest absolute Gasteiger partial charge is 0.497 e. The minimum atomic E-state index is -0.0947. The second-order valence-electron chi connectivity index (χ2n) is 4.88. The molecular formula is C15H24N2O2S. The molecule has 0 aliphatic rings. The Labute approximate surface area is 125 Å². The van der Waals surface area contributed by atoms with E-state index in [2.05, 4.69) is 10.2 Å². The lowest BCUT2D eigenvalue weighted by Gasteiger charge is -2.13. The van der Waals surface area contributed by atoms with Crippen molar-refractivity contribution in [2.75, 3.05) is 34.3 Å². The molecule has 0 unspecified atom stereocenters. The van der Waals surface area contributed by atoms with Crippen LogP contribution in [0.5, 0.6) is 5.75 Å².